The molecule has 0 saturated heterocycles. The normalized spacial score (nSPS) is 14.1. The van der Waals surface area contributed by atoms with E-state index in [1.54, 1.807) is 6.26 Å². The lowest BCUT2D eigenvalue weighted by Crippen LogP contribution is -2.24. The van der Waals surface area contributed by atoms with Crippen LogP contribution in [0.5, 0.6) is 0 Å². The van der Waals surface area contributed by atoms with Crippen molar-refractivity contribution in [1.29, 1.82) is 0 Å². The first-order valence-corrected chi connectivity index (χ1v) is 6.34. The van der Waals surface area contributed by atoms with Crippen LogP contribution in [0.3, 0.4) is 0 Å². The molecule has 2 unspecified atom stereocenters. The average molecular weight is 243 g/mol. The summed E-state index contributed by atoms with van der Waals surface area (Å²) in [6.07, 6.45) is 4.31. The Morgan fingerprint density at radius 3 is 2.75 bits per heavy atom. The Morgan fingerprint density at radius 1 is 1.56 bits per heavy atom. The van der Waals surface area contributed by atoms with Crippen LogP contribution < -0.4 is 5.32 Å². The quantitative estimate of drug-likeness (QED) is 0.775. The lowest BCUT2D eigenvalue weighted by Gasteiger charge is -2.13. The second kappa shape index (κ2) is 5.55. The van der Waals surface area contributed by atoms with Gasteiger partial charge in [0.2, 0.25) is 0 Å². The van der Waals surface area contributed by atoms with Crippen molar-refractivity contribution in [3.63, 3.8) is 0 Å². The first kappa shape index (κ1) is 12.6. The van der Waals surface area contributed by atoms with Crippen LogP contribution in [-0.2, 0) is 10.8 Å². The fourth-order valence-electron chi connectivity index (χ4n) is 1.23. The molecule has 0 aliphatic carbocycles. The van der Waals surface area contributed by atoms with Crippen molar-refractivity contribution >= 4 is 22.6 Å². The molecule has 2 atom stereocenters. The Morgan fingerprint density at radius 2 is 2.19 bits per heavy atom. The Hall–Kier alpha value is -1.50. The summed E-state index contributed by atoms with van der Waals surface area (Å²) < 4.78 is 11.0. The SMILES string of the molecule is CC(CS(C)=O)Nc1nccnc1C(=O)O. The van der Waals surface area contributed by atoms with E-state index in [9.17, 15) is 9.00 Å². The molecule has 7 heteroatoms. The Balaban J connectivity index is 2.80. The van der Waals surface area contributed by atoms with Crippen LogP contribution in [0.15, 0.2) is 12.4 Å². The van der Waals surface area contributed by atoms with E-state index < -0.39 is 16.8 Å². The Kier molecular flexibility index (Phi) is 4.36. The summed E-state index contributed by atoms with van der Waals surface area (Å²) in [6, 6.07) is -0.124. The van der Waals surface area contributed by atoms with Gasteiger partial charge in [0, 0.05) is 41.2 Å². The molecule has 1 rings (SSSR count). The highest BCUT2D eigenvalue weighted by Crippen LogP contribution is 2.09. The maximum absolute atomic E-state index is 11.0. The zero-order chi connectivity index (χ0) is 12.1. The molecule has 0 amide bonds. The Bertz CT molecular complexity index is 411. The third-order valence-corrected chi connectivity index (χ3v) is 2.74. The summed E-state index contributed by atoms with van der Waals surface area (Å²) in [5.41, 5.74) is -0.128. The molecular formula is C9H13N3O3S. The molecule has 0 radical (unpaired) electrons. The van der Waals surface area contributed by atoms with Crippen LogP contribution in [0.25, 0.3) is 0 Å². The Labute approximate surface area is 95.6 Å². The van der Waals surface area contributed by atoms with Gasteiger partial charge in [-0.3, -0.25) is 4.21 Å². The van der Waals surface area contributed by atoms with Gasteiger partial charge in [-0.05, 0) is 6.92 Å². The number of anilines is 1. The van der Waals surface area contributed by atoms with Gasteiger partial charge in [-0.2, -0.15) is 0 Å². The number of rotatable bonds is 5. The highest BCUT2D eigenvalue weighted by molar-refractivity contribution is 7.84. The molecular weight excluding hydrogens is 230 g/mol. The van der Waals surface area contributed by atoms with E-state index in [0.29, 0.717) is 5.75 Å². The van der Waals surface area contributed by atoms with Crippen molar-refractivity contribution in [3.8, 4) is 0 Å². The van der Waals surface area contributed by atoms with Gasteiger partial charge in [0.15, 0.2) is 11.5 Å². The number of carboxylic acid groups (broad SMARTS) is 1. The standard InChI is InChI=1S/C9H13N3O3S/c1-6(5-16(2)15)12-8-7(9(13)14)10-3-4-11-8/h3-4,6H,5H2,1-2H3,(H,11,12)(H,13,14). The predicted molar refractivity (Wildman–Crippen MR) is 61.0 cm³/mol. The van der Waals surface area contributed by atoms with Crippen LogP contribution in [0.1, 0.15) is 17.4 Å². The molecule has 0 aromatic carbocycles. The van der Waals surface area contributed by atoms with Gasteiger partial charge in [-0.1, -0.05) is 0 Å². The number of nitrogens with zero attached hydrogens (tertiary/aromatic N) is 2. The number of carbonyl (C=O) groups is 1. The number of hydrogen-bond donors (Lipinski definition) is 2. The summed E-state index contributed by atoms with van der Waals surface area (Å²) in [5.74, 6) is -0.510. The van der Waals surface area contributed by atoms with Crippen LogP contribution in [0.2, 0.25) is 0 Å². The van der Waals surface area contributed by atoms with E-state index in [1.807, 2.05) is 6.92 Å². The molecule has 88 valence electrons. The molecule has 0 aliphatic rings. The van der Waals surface area contributed by atoms with Crippen molar-refractivity contribution in [1.82, 2.24) is 9.97 Å². The van der Waals surface area contributed by atoms with E-state index in [4.69, 9.17) is 5.11 Å². The van der Waals surface area contributed by atoms with Crippen molar-refractivity contribution in [2.45, 2.75) is 13.0 Å². The molecule has 0 saturated carbocycles. The third kappa shape index (κ3) is 3.58. The van der Waals surface area contributed by atoms with Crippen molar-refractivity contribution in [2.75, 3.05) is 17.3 Å². The van der Waals surface area contributed by atoms with Crippen LogP contribution in [0.4, 0.5) is 5.82 Å². The van der Waals surface area contributed by atoms with Gasteiger partial charge in [-0.15, -0.1) is 0 Å². The molecule has 0 aliphatic heterocycles. The van der Waals surface area contributed by atoms with Crippen LogP contribution in [0, 0.1) is 0 Å². The third-order valence-electron chi connectivity index (χ3n) is 1.77. The average Bonchev–Trinajstić information content (AvgIpc) is 2.16. The number of hydrogen-bond acceptors (Lipinski definition) is 5. The van der Waals surface area contributed by atoms with Gasteiger partial charge in [0.1, 0.15) is 0 Å². The minimum absolute atomic E-state index is 0.124. The fraction of sp³-hybridized carbons (Fsp3) is 0.444. The highest BCUT2D eigenvalue weighted by atomic mass is 32.2. The van der Waals surface area contributed by atoms with Gasteiger partial charge >= 0.3 is 5.97 Å². The first-order chi connectivity index (χ1) is 7.50. The summed E-state index contributed by atoms with van der Waals surface area (Å²) >= 11 is 0. The molecule has 6 nitrogen and oxygen atoms in total. The molecule has 0 spiro atoms. The van der Waals surface area contributed by atoms with Gasteiger partial charge < -0.3 is 10.4 Å². The summed E-state index contributed by atoms with van der Waals surface area (Å²) in [6.45, 7) is 1.81. The zero-order valence-corrected chi connectivity index (χ0v) is 9.82. The van der Waals surface area contributed by atoms with Crippen molar-refractivity contribution in [3.05, 3.63) is 18.1 Å². The highest BCUT2D eigenvalue weighted by Gasteiger charge is 2.14. The largest absolute Gasteiger partial charge is 0.476 e. The maximum Gasteiger partial charge on any atom is 0.358 e. The number of aromatic nitrogens is 2. The van der Waals surface area contributed by atoms with E-state index in [-0.39, 0.29) is 17.6 Å². The lowest BCUT2D eigenvalue weighted by atomic mass is 10.3. The maximum atomic E-state index is 11.0. The first-order valence-electron chi connectivity index (χ1n) is 4.61. The lowest BCUT2D eigenvalue weighted by molar-refractivity contribution is 0.0691. The number of aromatic carboxylic acids is 1. The van der Waals surface area contributed by atoms with E-state index >= 15 is 0 Å². The van der Waals surface area contributed by atoms with Gasteiger partial charge in [-0.25, -0.2) is 14.8 Å². The number of carboxylic acids is 1. The van der Waals surface area contributed by atoms with Crippen molar-refractivity contribution in [2.24, 2.45) is 0 Å². The molecule has 0 fully saturated rings. The fourth-order valence-corrected chi connectivity index (χ4v) is 2.01. The summed E-state index contributed by atoms with van der Waals surface area (Å²) in [5, 5.41) is 11.7. The minimum atomic E-state index is -1.14. The molecule has 1 aromatic rings. The van der Waals surface area contributed by atoms with E-state index in [2.05, 4.69) is 15.3 Å². The molecule has 1 heterocycles. The smallest absolute Gasteiger partial charge is 0.358 e. The molecule has 1 aromatic heterocycles. The molecule has 0 bridgehead atoms. The minimum Gasteiger partial charge on any atom is -0.476 e. The van der Waals surface area contributed by atoms with Gasteiger partial charge in [0.05, 0.1) is 0 Å². The van der Waals surface area contributed by atoms with E-state index in [1.165, 1.54) is 12.4 Å². The predicted octanol–water partition coefficient (Wildman–Crippen LogP) is 0.354. The van der Waals surface area contributed by atoms with Crippen molar-refractivity contribution < 1.29 is 14.1 Å². The zero-order valence-electron chi connectivity index (χ0n) is 9.01. The molecule has 2 N–H and O–H groups in total. The summed E-state index contributed by atoms with van der Waals surface area (Å²) in [7, 11) is -0.945. The molecule has 16 heavy (non-hydrogen) atoms. The second-order valence-electron chi connectivity index (χ2n) is 3.34. The number of nitrogens with one attached hydrogen (secondary N) is 1. The monoisotopic (exact) mass is 243 g/mol. The second-order valence-corrected chi connectivity index (χ2v) is 4.82. The van der Waals surface area contributed by atoms with Crippen LogP contribution >= 0.6 is 0 Å². The van der Waals surface area contributed by atoms with Crippen LogP contribution in [-0.4, -0.2) is 43.3 Å². The van der Waals surface area contributed by atoms with Gasteiger partial charge in [0.25, 0.3) is 0 Å². The van der Waals surface area contributed by atoms with E-state index in [0.717, 1.165) is 0 Å². The summed E-state index contributed by atoms with van der Waals surface area (Å²) in [4.78, 5) is 18.4. The topological polar surface area (TPSA) is 92.2 Å².